The highest BCUT2D eigenvalue weighted by molar-refractivity contribution is 5.81. The Balaban J connectivity index is 1.94. The molecular weight excluding hydrogens is 238 g/mol. The van der Waals surface area contributed by atoms with Crippen molar-refractivity contribution in [2.24, 2.45) is 7.05 Å². The van der Waals surface area contributed by atoms with Gasteiger partial charge in [0.1, 0.15) is 0 Å². The Bertz CT molecular complexity index is 594. The number of β-amino-alcohol motifs (C(OH)–C–C–N with tert-alkyl or cyclic N) is 1. The van der Waals surface area contributed by atoms with Gasteiger partial charge in [0.15, 0.2) is 0 Å². The van der Waals surface area contributed by atoms with Gasteiger partial charge in [0, 0.05) is 31.4 Å². The Morgan fingerprint density at radius 1 is 1.37 bits per heavy atom. The summed E-state index contributed by atoms with van der Waals surface area (Å²) in [6.07, 6.45) is 1.44. The number of aryl methyl sites for hydroxylation is 1. The Morgan fingerprint density at radius 3 is 2.79 bits per heavy atom. The van der Waals surface area contributed by atoms with Crippen LogP contribution in [0, 0.1) is 0 Å². The van der Waals surface area contributed by atoms with E-state index in [1.165, 1.54) is 0 Å². The summed E-state index contributed by atoms with van der Waals surface area (Å²) >= 11 is 0. The smallest absolute Gasteiger partial charge is 0.0844 e. The van der Waals surface area contributed by atoms with Gasteiger partial charge in [0.05, 0.1) is 16.8 Å². The normalized spacial score (nSPS) is 28.3. The summed E-state index contributed by atoms with van der Waals surface area (Å²) in [6.45, 7) is 2.88. The second-order valence-electron chi connectivity index (χ2n) is 5.96. The third kappa shape index (κ3) is 2.15. The molecule has 1 aliphatic rings. The summed E-state index contributed by atoms with van der Waals surface area (Å²) in [5.74, 6) is 0. The molecule has 1 aromatic heterocycles. The Morgan fingerprint density at radius 2 is 2.11 bits per heavy atom. The van der Waals surface area contributed by atoms with Crippen LogP contribution in [0.15, 0.2) is 24.3 Å². The summed E-state index contributed by atoms with van der Waals surface area (Å²) in [6, 6.07) is 8.64. The first-order valence-electron chi connectivity index (χ1n) is 6.82. The molecule has 4 nitrogen and oxygen atoms in total. The van der Waals surface area contributed by atoms with E-state index in [2.05, 4.69) is 36.1 Å². The molecule has 2 unspecified atom stereocenters. The van der Waals surface area contributed by atoms with Crippen molar-refractivity contribution in [1.29, 1.82) is 0 Å². The van der Waals surface area contributed by atoms with Crippen molar-refractivity contribution >= 4 is 10.9 Å². The molecule has 1 N–H and O–H groups in total. The third-order valence-electron chi connectivity index (χ3n) is 4.30. The largest absolute Gasteiger partial charge is 0.388 e. The van der Waals surface area contributed by atoms with Crippen LogP contribution in [0.5, 0.6) is 0 Å². The van der Waals surface area contributed by atoms with Crippen LogP contribution >= 0.6 is 0 Å². The van der Waals surface area contributed by atoms with Gasteiger partial charge in [0.2, 0.25) is 0 Å². The van der Waals surface area contributed by atoms with Crippen LogP contribution in [0.1, 0.15) is 19.0 Å². The molecule has 2 heterocycles. The molecule has 0 spiro atoms. The van der Waals surface area contributed by atoms with Gasteiger partial charge < -0.3 is 10.0 Å². The molecule has 0 saturated carbocycles. The summed E-state index contributed by atoms with van der Waals surface area (Å²) in [5.41, 5.74) is 1.48. The average molecular weight is 259 g/mol. The molecule has 0 aliphatic carbocycles. The van der Waals surface area contributed by atoms with E-state index in [1.54, 1.807) is 0 Å². The van der Waals surface area contributed by atoms with E-state index < -0.39 is 5.60 Å². The molecule has 102 valence electrons. The van der Waals surface area contributed by atoms with E-state index in [1.807, 2.05) is 23.9 Å². The molecule has 1 saturated heterocycles. The van der Waals surface area contributed by atoms with Crippen LogP contribution < -0.4 is 0 Å². The molecule has 1 aromatic carbocycles. The Kier molecular flexibility index (Phi) is 2.87. The maximum Gasteiger partial charge on any atom is 0.0844 e. The molecule has 0 amide bonds. The second kappa shape index (κ2) is 4.32. The van der Waals surface area contributed by atoms with Crippen LogP contribution in [-0.2, 0) is 13.5 Å². The van der Waals surface area contributed by atoms with Crippen molar-refractivity contribution in [2.45, 2.75) is 31.4 Å². The molecule has 2 aromatic rings. The SMILES string of the molecule is CC1CC(O)(Cc2nn(C)c3ccccc23)CN1C. The number of para-hydroxylation sites is 1. The van der Waals surface area contributed by atoms with Gasteiger partial charge >= 0.3 is 0 Å². The minimum Gasteiger partial charge on any atom is -0.388 e. The first-order chi connectivity index (χ1) is 8.98. The lowest BCUT2D eigenvalue weighted by Gasteiger charge is -2.21. The number of aliphatic hydroxyl groups is 1. The Labute approximate surface area is 113 Å². The monoisotopic (exact) mass is 259 g/mol. The molecule has 19 heavy (non-hydrogen) atoms. The molecule has 3 rings (SSSR count). The topological polar surface area (TPSA) is 41.3 Å². The predicted octanol–water partition coefficient (Wildman–Crippen LogP) is 1.57. The van der Waals surface area contributed by atoms with Crippen molar-refractivity contribution in [1.82, 2.24) is 14.7 Å². The van der Waals surface area contributed by atoms with Crippen molar-refractivity contribution < 1.29 is 5.11 Å². The van der Waals surface area contributed by atoms with Crippen LogP contribution in [0.2, 0.25) is 0 Å². The quantitative estimate of drug-likeness (QED) is 0.890. The molecule has 0 bridgehead atoms. The second-order valence-corrected chi connectivity index (χ2v) is 5.96. The van der Waals surface area contributed by atoms with Crippen LogP contribution in [0.4, 0.5) is 0 Å². The minimum atomic E-state index is -0.648. The van der Waals surface area contributed by atoms with Gasteiger partial charge in [-0.15, -0.1) is 0 Å². The minimum absolute atomic E-state index is 0.431. The fourth-order valence-corrected chi connectivity index (χ4v) is 3.25. The van der Waals surface area contributed by atoms with Gasteiger partial charge in [-0.05, 0) is 26.5 Å². The first-order valence-corrected chi connectivity index (χ1v) is 6.82. The number of hydrogen-bond donors (Lipinski definition) is 1. The highest BCUT2D eigenvalue weighted by Gasteiger charge is 2.39. The fraction of sp³-hybridized carbons (Fsp3) is 0.533. The lowest BCUT2D eigenvalue weighted by atomic mass is 9.94. The number of aromatic nitrogens is 2. The van der Waals surface area contributed by atoms with E-state index >= 15 is 0 Å². The standard InChI is InChI=1S/C15H21N3O/c1-11-8-15(19,10-17(11)2)9-13-12-6-4-5-7-14(12)18(3)16-13/h4-7,11,19H,8-10H2,1-3H3. The Hall–Kier alpha value is -1.39. The zero-order valence-electron chi connectivity index (χ0n) is 11.8. The lowest BCUT2D eigenvalue weighted by molar-refractivity contribution is 0.0513. The molecule has 1 aliphatic heterocycles. The number of rotatable bonds is 2. The molecule has 2 atom stereocenters. The van der Waals surface area contributed by atoms with Gasteiger partial charge in [-0.2, -0.15) is 5.10 Å². The summed E-state index contributed by atoms with van der Waals surface area (Å²) in [5, 5.41) is 16.5. The van der Waals surface area contributed by atoms with E-state index in [-0.39, 0.29) is 0 Å². The lowest BCUT2D eigenvalue weighted by Crippen LogP contribution is -2.34. The number of nitrogens with zero attached hydrogens (tertiary/aromatic N) is 3. The zero-order valence-corrected chi connectivity index (χ0v) is 11.8. The number of likely N-dealkylation sites (N-methyl/N-ethyl adjacent to an activating group) is 1. The van der Waals surface area contributed by atoms with Gasteiger partial charge in [-0.25, -0.2) is 0 Å². The molecule has 0 radical (unpaired) electrons. The number of fused-ring (bicyclic) bond motifs is 1. The number of hydrogen-bond acceptors (Lipinski definition) is 3. The highest BCUT2D eigenvalue weighted by Crippen LogP contribution is 2.30. The summed E-state index contributed by atoms with van der Waals surface area (Å²) in [4.78, 5) is 2.21. The van der Waals surface area contributed by atoms with Crippen molar-refractivity contribution in [3.8, 4) is 0 Å². The van der Waals surface area contributed by atoms with E-state index in [0.29, 0.717) is 12.5 Å². The number of likely N-dealkylation sites (tertiary alicyclic amines) is 1. The first kappa shape index (κ1) is 12.6. The van der Waals surface area contributed by atoms with Crippen molar-refractivity contribution in [3.63, 3.8) is 0 Å². The van der Waals surface area contributed by atoms with Crippen LogP contribution in [0.25, 0.3) is 10.9 Å². The fourth-order valence-electron chi connectivity index (χ4n) is 3.25. The van der Waals surface area contributed by atoms with Crippen molar-refractivity contribution in [3.05, 3.63) is 30.0 Å². The third-order valence-corrected chi connectivity index (χ3v) is 4.30. The van der Waals surface area contributed by atoms with Gasteiger partial charge in [-0.3, -0.25) is 4.68 Å². The van der Waals surface area contributed by atoms with Crippen LogP contribution in [0.3, 0.4) is 0 Å². The molecule has 4 heteroatoms. The van der Waals surface area contributed by atoms with Crippen LogP contribution in [-0.4, -0.2) is 45.0 Å². The molecular formula is C15H21N3O. The average Bonchev–Trinajstić information content (AvgIpc) is 2.79. The van der Waals surface area contributed by atoms with Gasteiger partial charge in [0.25, 0.3) is 0 Å². The van der Waals surface area contributed by atoms with E-state index in [4.69, 9.17) is 0 Å². The van der Waals surface area contributed by atoms with Crippen molar-refractivity contribution in [2.75, 3.05) is 13.6 Å². The van der Waals surface area contributed by atoms with E-state index in [9.17, 15) is 5.11 Å². The zero-order chi connectivity index (χ0) is 13.6. The highest BCUT2D eigenvalue weighted by atomic mass is 16.3. The maximum absolute atomic E-state index is 10.8. The molecule has 1 fully saturated rings. The van der Waals surface area contributed by atoms with Gasteiger partial charge in [-0.1, -0.05) is 18.2 Å². The summed E-state index contributed by atoms with van der Waals surface area (Å²) in [7, 11) is 4.03. The number of benzene rings is 1. The maximum atomic E-state index is 10.8. The van der Waals surface area contributed by atoms with E-state index in [0.717, 1.165) is 29.6 Å². The summed E-state index contributed by atoms with van der Waals surface area (Å²) < 4.78 is 1.90. The predicted molar refractivity (Wildman–Crippen MR) is 76.1 cm³/mol.